The van der Waals surface area contributed by atoms with Crippen molar-refractivity contribution in [3.63, 3.8) is 0 Å². The van der Waals surface area contributed by atoms with Crippen LogP contribution >= 0.6 is 0 Å². The van der Waals surface area contributed by atoms with Crippen LogP contribution < -0.4 is 0 Å². The van der Waals surface area contributed by atoms with Crippen molar-refractivity contribution in [2.75, 3.05) is 39.3 Å². The predicted molar refractivity (Wildman–Crippen MR) is 98.7 cm³/mol. The zero-order valence-electron chi connectivity index (χ0n) is 16.9. The summed E-state index contributed by atoms with van der Waals surface area (Å²) < 4.78 is 78.3. The van der Waals surface area contributed by atoms with Crippen LogP contribution in [0.4, 0.5) is 26.3 Å². The van der Waals surface area contributed by atoms with Crippen molar-refractivity contribution in [1.29, 1.82) is 0 Å². The van der Waals surface area contributed by atoms with Gasteiger partial charge >= 0.3 is 12.4 Å². The molecule has 11 heteroatoms. The Bertz CT molecular complexity index is 799. The molecule has 3 rings (SSSR count). The maximum Gasteiger partial charge on any atom is 0.416 e. The van der Waals surface area contributed by atoms with Crippen molar-refractivity contribution in [2.45, 2.75) is 32.2 Å². The lowest BCUT2D eigenvalue weighted by molar-refractivity contribution is -0.143. The smallest absolute Gasteiger partial charge is 0.340 e. The van der Waals surface area contributed by atoms with Crippen molar-refractivity contribution in [3.05, 3.63) is 34.9 Å². The average Bonchev–Trinajstić information content (AvgIpc) is 3.06. The number of benzene rings is 1. The highest BCUT2D eigenvalue weighted by Crippen LogP contribution is 2.37. The second-order valence-corrected chi connectivity index (χ2v) is 7.85. The van der Waals surface area contributed by atoms with Crippen molar-refractivity contribution in [3.8, 4) is 0 Å². The molecular weight excluding hydrogens is 428 g/mol. The number of amides is 2. The van der Waals surface area contributed by atoms with Crippen molar-refractivity contribution < 1.29 is 35.9 Å². The summed E-state index contributed by atoms with van der Waals surface area (Å²) in [6, 6.07) is 1.28. The molecule has 2 aliphatic rings. The summed E-state index contributed by atoms with van der Waals surface area (Å²) in [7, 11) is 0. The number of hydrogen-bond acceptors (Lipinski definition) is 3. The maximum atomic E-state index is 13.1. The SMILES string of the molecule is CCN1CCN(C(=O)[C@@H]2CC(=O)N(Cc3cc(C(F)(F)F)cc(C(F)(F)F)c3)C2)CC1. The van der Waals surface area contributed by atoms with Crippen LogP contribution in [0.5, 0.6) is 0 Å². The topological polar surface area (TPSA) is 43.9 Å². The molecule has 5 nitrogen and oxygen atoms in total. The van der Waals surface area contributed by atoms with Crippen molar-refractivity contribution in [1.82, 2.24) is 14.7 Å². The monoisotopic (exact) mass is 451 g/mol. The van der Waals surface area contributed by atoms with Gasteiger partial charge in [0.2, 0.25) is 11.8 Å². The highest BCUT2D eigenvalue weighted by molar-refractivity contribution is 5.89. The summed E-state index contributed by atoms with van der Waals surface area (Å²) in [4.78, 5) is 30.1. The first-order valence-electron chi connectivity index (χ1n) is 9.95. The van der Waals surface area contributed by atoms with E-state index >= 15 is 0 Å². The summed E-state index contributed by atoms with van der Waals surface area (Å²) in [6.07, 6.45) is -10.0. The Morgan fingerprint density at radius 1 is 0.968 bits per heavy atom. The second kappa shape index (κ2) is 8.68. The molecule has 31 heavy (non-hydrogen) atoms. The summed E-state index contributed by atoms with van der Waals surface area (Å²) in [6.45, 7) is 4.94. The molecule has 1 aromatic carbocycles. The highest BCUT2D eigenvalue weighted by Gasteiger charge is 2.39. The minimum absolute atomic E-state index is 0.0245. The first kappa shape index (κ1) is 23.4. The quantitative estimate of drug-likeness (QED) is 0.661. The van der Waals surface area contributed by atoms with E-state index in [4.69, 9.17) is 0 Å². The Hall–Kier alpha value is -2.30. The van der Waals surface area contributed by atoms with E-state index in [9.17, 15) is 35.9 Å². The number of hydrogen-bond donors (Lipinski definition) is 0. The van der Waals surface area contributed by atoms with E-state index < -0.39 is 41.8 Å². The summed E-state index contributed by atoms with van der Waals surface area (Å²) in [5.41, 5.74) is -3.13. The number of piperazine rings is 1. The summed E-state index contributed by atoms with van der Waals surface area (Å²) in [5.74, 6) is -1.31. The fourth-order valence-corrected chi connectivity index (χ4v) is 3.96. The van der Waals surface area contributed by atoms with E-state index in [0.717, 1.165) is 24.5 Å². The van der Waals surface area contributed by atoms with Crippen LogP contribution in [-0.4, -0.2) is 65.8 Å². The molecule has 0 radical (unpaired) electrons. The fraction of sp³-hybridized carbons (Fsp3) is 0.600. The summed E-state index contributed by atoms with van der Waals surface area (Å²) >= 11 is 0. The number of carbonyl (C=O) groups excluding carboxylic acids is 2. The van der Waals surface area contributed by atoms with Gasteiger partial charge in [0.25, 0.3) is 0 Å². The minimum atomic E-state index is -4.95. The molecule has 0 unspecified atom stereocenters. The zero-order valence-corrected chi connectivity index (χ0v) is 16.9. The molecule has 0 N–H and O–H groups in total. The van der Waals surface area contributed by atoms with Gasteiger partial charge in [0, 0.05) is 45.7 Å². The third kappa shape index (κ3) is 5.50. The van der Waals surface area contributed by atoms with Gasteiger partial charge in [0.1, 0.15) is 0 Å². The van der Waals surface area contributed by atoms with E-state index in [-0.39, 0.29) is 30.5 Å². The highest BCUT2D eigenvalue weighted by atomic mass is 19.4. The molecule has 0 bridgehead atoms. The van der Waals surface area contributed by atoms with Crippen LogP contribution in [0.2, 0.25) is 0 Å². The number of halogens is 6. The molecular formula is C20H23F6N3O2. The van der Waals surface area contributed by atoms with Crippen LogP contribution in [0.3, 0.4) is 0 Å². The fourth-order valence-electron chi connectivity index (χ4n) is 3.96. The van der Waals surface area contributed by atoms with Gasteiger partial charge in [-0.1, -0.05) is 6.92 Å². The van der Waals surface area contributed by atoms with Gasteiger partial charge in [-0.15, -0.1) is 0 Å². The summed E-state index contributed by atoms with van der Waals surface area (Å²) in [5, 5.41) is 0. The lowest BCUT2D eigenvalue weighted by Crippen LogP contribution is -2.50. The Kier molecular flexibility index (Phi) is 6.54. The van der Waals surface area contributed by atoms with E-state index in [1.54, 1.807) is 4.90 Å². The predicted octanol–water partition coefficient (Wildman–Crippen LogP) is 3.24. The minimum Gasteiger partial charge on any atom is -0.340 e. The molecule has 2 fully saturated rings. The molecule has 2 heterocycles. The van der Waals surface area contributed by atoms with E-state index in [1.807, 2.05) is 6.92 Å². The van der Waals surface area contributed by atoms with E-state index in [2.05, 4.69) is 4.90 Å². The Morgan fingerprint density at radius 3 is 2.00 bits per heavy atom. The molecule has 2 aliphatic heterocycles. The van der Waals surface area contributed by atoms with Gasteiger partial charge in [0.15, 0.2) is 0 Å². The first-order valence-corrected chi connectivity index (χ1v) is 9.95. The molecule has 2 saturated heterocycles. The normalized spacial score (nSPS) is 21.1. The Morgan fingerprint density at radius 2 is 1.52 bits per heavy atom. The number of likely N-dealkylation sites (tertiary alicyclic amines) is 1. The maximum absolute atomic E-state index is 13.1. The largest absolute Gasteiger partial charge is 0.416 e. The molecule has 0 spiro atoms. The molecule has 1 aromatic rings. The number of carbonyl (C=O) groups is 2. The van der Waals surface area contributed by atoms with Crippen LogP contribution in [0.1, 0.15) is 30.0 Å². The molecule has 0 saturated carbocycles. The number of alkyl halides is 6. The molecule has 0 aliphatic carbocycles. The number of nitrogens with zero attached hydrogens (tertiary/aromatic N) is 3. The van der Waals surface area contributed by atoms with Gasteiger partial charge in [-0.2, -0.15) is 26.3 Å². The Balaban J connectivity index is 1.72. The van der Waals surface area contributed by atoms with E-state index in [0.29, 0.717) is 25.2 Å². The van der Waals surface area contributed by atoms with Crippen molar-refractivity contribution in [2.24, 2.45) is 5.92 Å². The third-order valence-corrected chi connectivity index (χ3v) is 5.72. The van der Waals surface area contributed by atoms with Gasteiger partial charge in [-0.05, 0) is 30.3 Å². The van der Waals surface area contributed by atoms with Crippen LogP contribution in [0.15, 0.2) is 18.2 Å². The van der Waals surface area contributed by atoms with Gasteiger partial charge in [-0.3, -0.25) is 9.59 Å². The lowest BCUT2D eigenvalue weighted by atomic mass is 10.0. The molecule has 2 amide bonds. The standard InChI is InChI=1S/C20H23F6N3O2/c1-2-27-3-5-28(6-4-27)18(31)14-9-17(30)29(12-14)11-13-7-15(19(21,22)23)10-16(8-13)20(24,25)26/h7-8,10,14H,2-6,9,11-12H2,1H3/t14-/m1/s1. The van der Waals surface area contributed by atoms with E-state index in [1.165, 1.54) is 0 Å². The first-order chi connectivity index (χ1) is 14.4. The second-order valence-electron chi connectivity index (χ2n) is 7.85. The van der Waals surface area contributed by atoms with Crippen LogP contribution in [-0.2, 0) is 28.5 Å². The molecule has 0 aromatic heterocycles. The molecule has 172 valence electrons. The number of likely N-dealkylation sites (N-methyl/N-ethyl adjacent to an activating group) is 1. The number of rotatable bonds is 4. The third-order valence-electron chi connectivity index (χ3n) is 5.72. The lowest BCUT2D eigenvalue weighted by Gasteiger charge is -2.35. The van der Waals surface area contributed by atoms with Crippen molar-refractivity contribution >= 4 is 11.8 Å². The van der Waals surface area contributed by atoms with Crippen LogP contribution in [0, 0.1) is 5.92 Å². The average molecular weight is 451 g/mol. The van der Waals surface area contributed by atoms with Gasteiger partial charge in [-0.25, -0.2) is 0 Å². The Labute approximate surface area is 175 Å². The van der Waals surface area contributed by atoms with Gasteiger partial charge < -0.3 is 14.7 Å². The van der Waals surface area contributed by atoms with Crippen LogP contribution in [0.25, 0.3) is 0 Å². The van der Waals surface area contributed by atoms with Gasteiger partial charge in [0.05, 0.1) is 17.0 Å². The molecule has 1 atom stereocenters. The zero-order chi connectivity index (χ0) is 23.0.